The molecule has 0 saturated carbocycles. The third-order valence-corrected chi connectivity index (χ3v) is 2.51. The van der Waals surface area contributed by atoms with Crippen LogP contribution >= 0.6 is 0 Å². The fraction of sp³-hybridized carbons (Fsp3) is 0.167. The van der Waals surface area contributed by atoms with Crippen molar-refractivity contribution in [2.45, 2.75) is 13.8 Å². The molecule has 2 rings (SSSR count). The van der Waals surface area contributed by atoms with Crippen molar-refractivity contribution in [2.24, 2.45) is 5.84 Å². The largest absolute Gasteiger partial charge is 0.290 e. The van der Waals surface area contributed by atoms with Crippen molar-refractivity contribution in [1.29, 1.82) is 0 Å². The van der Waals surface area contributed by atoms with Crippen LogP contribution < -0.4 is 11.3 Å². The summed E-state index contributed by atoms with van der Waals surface area (Å²) in [4.78, 5) is 15.6. The molecule has 82 valence electrons. The molecular weight excluding hydrogens is 202 g/mol. The maximum absolute atomic E-state index is 11.4. The fourth-order valence-electron chi connectivity index (χ4n) is 1.83. The summed E-state index contributed by atoms with van der Waals surface area (Å²) in [5.74, 6) is 4.76. The number of amides is 1. The van der Waals surface area contributed by atoms with Crippen molar-refractivity contribution >= 4 is 16.8 Å². The number of hydrogen-bond donors (Lipinski definition) is 2. The lowest BCUT2D eigenvalue weighted by molar-refractivity contribution is 0.0953. The Balaban J connectivity index is 2.66. The molecule has 0 radical (unpaired) electrons. The highest BCUT2D eigenvalue weighted by atomic mass is 16.2. The van der Waals surface area contributed by atoms with Gasteiger partial charge in [-0.15, -0.1) is 0 Å². The quantitative estimate of drug-likeness (QED) is 0.430. The molecule has 3 N–H and O–H groups in total. The number of aryl methyl sites for hydroxylation is 2. The Hall–Kier alpha value is -1.94. The number of nitrogens with two attached hydrogens (primary N) is 1. The molecule has 0 aliphatic heterocycles. The van der Waals surface area contributed by atoms with E-state index in [4.69, 9.17) is 5.84 Å². The van der Waals surface area contributed by atoms with Gasteiger partial charge in [0.05, 0.1) is 11.1 Å². The third kappa shape index (κ3) is 1.75. The van der Waals surface area contributed by atoms with E-state index in [0.29, 0.717) is 5.56 Å². The number of carbonyl (C=O) groups excluding carboxylic acids is 1. The maximum atomic E-state index is 11.4. The number of nitrogens with one attached hydrogen (secondary N) is 1. The molecular formula is C12H13N3O. The van der Waals surface area contributed by atoms with Gasteiger partial charge in [0.25, 0.3) is 5.91 Å². The maximum Gasteiger partial charge on any atom is 0.266 e. The predicted octanol–water partition coefficient (Wildman–Crippen LogP) is 1.46. The molecule has 0 unspecified atom stereocenters. The van der Waals surface area contributed by atoms with Crippen LogP contribution in [0.1, 0.15) is 21.5 Å². The second-order valence-electron chi connectivity index (χ2n) is 3.85. The van der Waals surface area contributed by atoms with Gasteiger partial charge in [-0.1, -0.05) is 11.6 Å². The normalized spacial score (nSPS) is 10.4. The van der Waals surface area contributed by atoms with E-state index in [-0.39, 0.29) is 5.91 Å². The number of pyridine rings is 1. The Labute approximate surface area is 93.4 Å². The first-order chi connectivity index (χ1) is 7.61. The molecule has 0 aliphatic carbocycles. The number of carbonyl (C=O) groups is 1. The number of hydrazine groups is 1. The first-order valence-electron chi connectivity index (χ1n) is 5.00. The lowest BCUT2D eigenvalue weighted by Crippen LogP contribution is -2.30. The molecule has 16 heavy (non-hydrogen) atoms. The van der Waals surface area contributed by atoms with Gasteiger partial charge in [0, 0.05) is 11.6 Å². The highest BCUT2D eigenvalue weighted by Gasteiger charge is 2.06. The van der Waals surface area contributed by atoms with E-state index in [0.717, 1.165) is 22.0 Å². The molecule has 1 heterocycles. The third-order valence-electron chi connectivity index (χ3n) is 2.51. The van der Waals surface area contributed by atoms with Gasteiger partial charge < -0.3 is 0 Å². The van der Waals surface area contributed by atoms with Crippen molar-refractivity contribution in [3.63, 3.8) is 0 Å². The van der Waals surface area contributed by atoms with Gasteiger partial charge in [0.15, 0.2) is 0 Å². The Morgan fingerprint density at radius 3 is 2.75 bits per heavy atom. The minimum Gasteiger partial charge on any atom is -0.290 e. The van der Waals surface area contributed by atoms with Crippen LogP contribution in [0, 0.1) is 13.8 Å². The average molecular weight is 215 g/mol. The molecule has 4 nitrogen and oxygen atoms in total. The molecule has 1 aromatic carbocycles. The first-order valence-corrected chi connectivity index (χ1v) is 5.00. The molecule has 0 bridgehead atoms. The highest BCUT2D eigenvalue weighted by Crippen LogP contribution is 2.19. The van der Waals surface area contributed by atoms with Crippen molar-refractivity contribution in [2.75, 3.05) is 0 Å². The number of fused-ring (bicyclic) bond motifs is 1. The number of nitrogens with zero attached hydrogens (tertiary/aromatic N) is 1. The van der Waals surface area contributed by atoms with Crippen LogP contribution in [-0.4, -0.2) is 10.9 Å². The lowest BCUT2D eigenvalue weighted by Gasteiger charge is -2.05. The monoisotopic (exact) mass is 215 g/mol. The van der Waals surface area contributed by atoms with Crippen LogP contribution in [0.5, 0.6) is 0 Å². The van der Waals surface area contributed by atoms with Gasteiger partial charge in [-0.3, -0.25) is 15.2 Å². The lowest BCUT2D eigenvalue weighted by atomic mass is 10.1. The van der Waals surface area contributed by atoms with Gasteiger partial charge in [-0.25, -0.2) is 5.84 Å². The second-order valence-corrected chi connectivity index (χ2v) is 3.85. The van der Waals surface area contributed by atoms with E-state index < -0.39 is 0 Å². The highest BCUT2D eigenvalue weighted by molar-refractivity contribution is 5.97. The SMILES string of the molecule is Cc1cc(C)c2ncc(C(=O)NN)cc2c1. The van der Waals surface area contributed by atoms with Crippen LogP contribution in [0.4, 0.5) is 0 Å². The predicted molar refractivity (Wildman–Crippen MR) is 62.9 cm³/mol. The van der Waals surface area contributed by atoms with Gasteiger partial charge in [0.1, 0.15) is 0 Å². The topological polar surface area (TPSA) is 68.0 Å². The van der Waals surface area contributed by atoms with Crippen molar-refractivity contribution in [3.8, 4) is 0 Å². The van der Waals surface area contributed by atoms with Crippen LogP contribution in [0.15, 0.2) is 24.4 Å². The summed E-state index contributed by atoms with van der Waals surface area (Å²) in [5.41, 5.74) is 5.74. The summed E-state index contributed by atoms with van der Waals surface area (Å²) >= 11 is 0. The number of aromatic nitrogens is 1. The van der Waals surface area contributed by atoms with Crippen molar-refractivity contribution in [3.05, 3.63) is 41.1 Å². The zero-order valence-corrected chi connectivity index (χ0v) is 9.24. The molecule has 1 aromatic heterocycles. The summed E-state index contributed by atoms with van der Waals surface area (Å²) in [6.07, 6.45) is 1.53. The minimum absolute atomic E-state index is 0.325. The van der Waals surface area contributed by atoms with Gasteiger partial charge >= 0.3 is 0 Å². The van der Waals surface area contributed by atoms with Crippen LogP contribution in [0.2, 0.25) is 0 Å². The van der Waals surface area contributed by atoms with Crippen LogP contribution in [-0.2, 0) is 0 Å². The molecule has 1 amide bonds. The Morgan fingerprint density at radius 1 is 1.31 bits per heavy atom. The van der Waals surface area contributed by atoms with Crippen molar-refractivity contribution in [1.82, 2.24) is 10.4 Å². The smallest absolute Gasteiger partial charge is 0.266 e. The van der Waals surface area contributed by atoms with E-state index in [9.17, 15) is 4.79 Å². The van der Waals surface area contributed by atoms with E-state index in [1.807, 2.05) is 19.9 Å². The number of rotatable bonds is 1. The van der Waals surface area contributed by atoms with Crippen LogP contribution in [0.25, 0.3) is 10.9 Å². The average Bonchev–Trinajstić information content (AvgIpc) is 2.27. The Bertz CT molecular complexity index is 563. The first kappa shape index (κ1) is 10.6. The van der Waals surface area contributed by atoms with Gasteiger partial charge in [-0.2, -0.15) is 0 Å². The zero-order chi connectivity index (χ0) is 11.7. The Morgan fingerprint density at radius 2 is 2.06 bits per heavy atom. The van der Waals surface area contributed by atoms with E-state index in [1.165, 1.54) is 6.20 Å². The standard InChI is InChI=1S/C12H13N3O/c1-7-3-8(2)11-9(4-7)5-10(6-14-11)12(16)15-13/h3-6H,13H2,1-2H3,(H,15,16). The molecule has 0 aliphatic rings. The summed E-state index contributed by atoms with van der Waals surface area (Å²) in [5, 5.41) is 0.957. The summed E-state index contributed by atoms with van der Waals surface area (Å²) in [7, 11) is 0. The Kier molecular flexibility index (Phi) is 2.58. The summed E-state index contributed by atoms with van der Waals surface area (Å²) in [6.45, 7) is 4.02. The molecule has 0 spiro atoms. The number of benzene rings is 1. The molecule has 2 aromatic rings. The number of nitrogen functional groups attached to an aromatic ring is 1. The van der Waals surface area contributed by atoms with E-state index >= 15 is 0 Å². The van der Waals surface area contributed by atoms with Gasteiger partial charge in [-0.05, 0) is 31.5 Å². The molecule has 0 atom stereocenters. The minimum atomic E-state index is -0.325. The van der Waals surface area contributed by atoms with E-state index in [2.05, 4.69) is 16.5 Å². The van der Waals surface area contributed by atoms with E-state index in [1.54, 1.807) is 6.07 Å². The molecule has 0 saturated heterocycles. The summed E-state index contributed by atoms with van der Waals surface area (Å²) in [6, 6.07) is 5.87. The molecule has 0 fully saturated rings. The van der Waals surface area contributed by atoms with Crippen LogP contribution in [0.3, 0.4) is 0 Å². The zero-order valence-electron chi connectivity index (χ0n) is 9.24. The fourth-order valence-corrected chi connectivity index (χ4v) is 1.83. The van der Waals surface area contributed by atoms with Crippen molar-refractivity contribution < 1.29 is 4.79 Å². The summed E-state index contributed by atoms with van der Waals surface area (Å²) < 4.78 is 0. The molecule has 4 heteroatoms. The van der Waals surface area contributed by atoms with Gasteiger partial charge in [0.2, 0.25) is 0 Å². The number of hydrogen-bond acceptors (Lipinski definition) is 3. The second kappa shape index (κ2) is 3.90.